The first-order valence-corrected chi connectivity index (χ1v) is 11.2. The van der Waals surface area contributed by atoms with Crippen LogP contribution in [0.1, 0.15) is 58.4 Å². The maximum Gasteiger partial charge on any atom is 0.248 e. The van der Waals surface area contributed by atoms with E-state index in [0.29, 0.717) is 19.3 Å². The van der Waals surface area contributed by atoms with Crippen LogP contribution in [-0.2, 0) is 14.4 Å². The number of amides is 2. The number of Topliss-reactive ketones (excluding diaryl/α,β-unsaturated/α-hetero) is 1. The fourth-order valence-corrected chi connectivity index (χ4v) is 4.15. The van der Waals surface area contributed by atoms with E-state index in [9.17, 15) is 19.6 Å². The Morgan fingerprint density at radius 2 is 1.82 bits per heavy atom. The Hall–Kier alpha value is -2.26. The minimum atomic E-state index is -1.37. The van der Waals surface area contributed by atoms with Crippen molar-refractivity contribution < 1.29 is 19.6 Å². The number of carbonyl (C=O) groups excluding carboxylic acids is 3. The molecule has 2 unspecified atom stereocenters. The monoisotopic (exact) mass is 482 g/mol. The summed E-state index contributed by atoms with van der Waals surface area (Å²) in [6, 6.07) is 8.55. The van der Waals surface area contributed by atoms with E-state index >= 15 is 0 Å². The quantitative estimate of drug-likeness (QED) is 0.0909. The van der Waals surface area contributed by atoms with Gasteiger partial charge in [0.1, 0.15) is 5.41 Å². The number of nitrogens with two attached hydrogens (primary N) is 1. The fraction of sp³-hybridized carbons (Fsp3) is 0.542. The largest absolute Gasteiger partial charge is 0.310 e. The Bertz CT molecular complexity index is 775. The van der Waals surface area contributed by atoms with Crippen molar-refractivity contribution in [3.05, 3.63) is 42.0 Å². The molecule has 0 radical (unpaired) electrons. The van der Waals surface area contributed by atoms with Crippen molar-refractivity contribution in [3.63, 3.8) is 0 Å². The molecule has 0 spiro atoms. The normalized spacial score (nSPS) is 15.6. The fourth-order valence-electron chi connectivity index (χ4n) is 4.15. The third-order valence-corrected chi connectivity index (χ3v) is 6.05. The van der Waals surface area contributed by atoms with Gasteiger partial charge in [0, 0.05) is 0 Å². The van der Waals surface area contributed by atoms with Gasteiger partial charge in [-0.25, -0.2) is 11.3 Å². The average molecular weight is 483 g/mol. The highest BCUT2D eigenvalue weighted by Crippen LogP contribution is 2.37. The Morgan fingerprint density at radius 3 is 2.30 bits per heavy atom. The number of benzene rings is 1. The average Bonchev–Trinajstić information content (AvgIpc) is 2.82. The molecule has 4 atom stereocenters. The Morgan fingerprint density at radius 1 is 1.18 bits per heavy atom. The molecule has 33 heavy (non-hydrogen) atoms. The third-order valence-electron chi connectivity index (χ3n) is 6.05. The van der Waals surface area contributed by atoms with E-state index < -0.39 is 35.0 Å². The van der Waals surface area contributed by atoms with Crippen LogP contribution in [0.4, 0.5) is 0 Å². The van der Waals surface area contributed by atoms with Crippen LogP contribution in [0.2, 0.25) is 0 Å². The van der Waals surface area contributed by atoms with Gasteiger partial charge in [0.05, 0.1) is 12.0 Å². The molecule has 0 aliphatic rings. The van der Waals surface area contributed by atoms with Crippen molar-refractivity contribution in [2.24, 2.45) is 23.1 Å². The number of hydrazine groups is 1. The smallest absolute Gasteiger partial charge is 0.248 e. The number of hydrogen-bond donors (Lipinski definition) is 5. The van der Waals surface area contributed by atoms with E-state index in [-0.39, 0.29) is 24.7 Å². The van der Waals surface area contributed by atoms with Crippen molar-refractivity contribution in [2.75, 3.05) is 7.05 Å². The summed E-state index contributed by atoms with van der Waals surface area (Å²) in [6.07, 6.45) is 5.84. The lowest BCUT2D eigenvalue weighted by Gasteiger charge is -2.37. The molecule has 0 fully saturated rings. The molecule has 0 bridgehead atoms. The number of halogens is 1. The van der Waals surface area contributed by atoms with Crippen LogP contribution in [-0.4, -0.2) is 35.9 Å². The summed E-state index contributed by atoms with van der Waals surface area (Å²) in [6.45, 7) is 5.88. The predicted molar refractivity (Wildman–Crippen MR) is 132 cm³/mol. The standard InChI is InChI=1S/C24H38N4O4.ClH/c1-5-15-24(23(31)27-25,16-17(3)6-2)21(29)20(26-4)19(22(30)28-32)14-10-13-18-11-8-7-9-12-18;/h7-13,17,19-20,26,32H,5-6,14-16,25H2,1-4H3,(H,27,31)(H,28,30);1H/b13-10+;/t17?,19-,20+,24?;/m0./s1. The van der Waals surface area contributed by atoms with E-state index in [4.69, 9.17) is 5.84 Å². The van der Waals surface area contributed by atoms with Crippen molar-refractivity contribution in [1.82, 2.24) is 16.2 Å². The maximum atomic E-state index is 13.9. The van der Waals surface area contributed by atoms with E-state index in [1.807, 2.05) is 57.2 Å². The minimum Gasteiger partial charge on any atom is -0.310 e. The zero-order valence-electron chi connectivity index (χ0n) is 20.0. The molecule has 0 saturated carbocycles. The van der Waals surface area contributed by atoms with Gasteiger partial charge in [-0.1, -0.05) is 76.1 Å². The SMILES string of the molecule is CCCC(CC(C)CC)(C(=O)NN)C(=O)[C@H](NC)[C@H](C/C=C/c1ccccc1)C(=O)NO.Cl. The lowest BCUT2D eigenvalue weighted by atomic mass is 9.68. The van der Waals surface area contributed by atoms with Crippen molar-refractivity contribution in [1.29, 1.82) is 0 Å². The molecule has 1 aromatic rings. The van der Waals surface area contributed by atoms with Crippen molar-refractivity contribution in [3.8, 4) is 0 Å². The lowest BCUT2D eigenvalue weighted by Crippen LogP contribution is -2.58. The minimum absolute atomic E-state index is 0. The topological polar surface area (TPSA) is 134 Å². The van der Waals surface area contributed by atoms with E-state index in [1.54, 1.807) is 18.6 Å². The summed E-state index contributed by atoms with van der Waals surface area (Å²) >= 11 is 0. The van der Waals surface area contributed by atoms with E-state index in [2.05, 4.69) is 10.7 Å². The Kier molecular flexibility index (Phi) is 14.5. The molecule has 9 heteroatoms. The lowest BCUT2D eigenvalue weighted by molar-refractivity contribution is -0.149. The molecular formula is C24H39ClN4O4. The van der Waals surface area contributed by atoms with Crippen LogP contribution in [0.25, 0.3) is 6.08 Å². The van der Waals surface area contributed by atoms with Gasteiger partial charge < -0.3 is 5.32 Å². The molecule has 2 amide bonds. The molecule has 1 aromatic carbocycles. The second kappa shape index (κ2) is 15.6. The molecule has 1 rings (SSSR count). The van der Waals surface area contributed by atoms with Gasteiger partial charge in [0.15, 0.2) is 5.78 Å². The number of allylic oxidation sites excluding steroid dienone is 1. The highest BCUT2D eigenvalue weighted by Gasteiger charge is 2.50. The summed E-state index contributed by atoms with van der Waals surface area (Å²) in [7, 11) is 1.57. The number of carbonyl (C=O) groups is 3. The first kappa shape index (κ1) is 30.7. The van der Waals surface area contributed by atoms with Gasteiger partial charge in [-0.3, -0.25) is 25.0 Å². The van der Waals surface area contributed by atoms with Gasteiger partial charge in [-0.05, 0) is 37.8 Å². The predicted octanol–water partition coefficient (Wildman–Crippen LogP) is 3.00. The van der Waals surface area contributed by atoms with Crippen molar-refractivity contribution in [2.45, 2.75) is 58.9 Å². The number of likely N-dealkylation sites (N-methyl/N-ethyl adjacent to an activating group) is 1. The number of ketones is 1. The second-order valence-electron chi connectivity index (χ2n) is 8.29. The third kappa shape index (κ3) is 8.23. The number of hydrogen-bond acceptors (Lipinski definition) is 6. The summed E-state index contributed by atoms with van der Waals surface area (Å²) < 4.78 is 0. The van der Waals surface area contributed by atoms with E-state index in [1.165, 1.54) is 0 Å². The van der Waals surface area contributed by atoms with Crippen LogP contribution in [0.5, 0.6) is 0 Å². The Labute approximate surface area is 203 Å². The Balaban J connectivity index is 0.0000102. The summed E-state index contributed by atoms with van der Waals surface area (Å²) in [5.41, 5.74) is 3.42. The molecule has 0 aliphatic heterocycles. The van der Waals surface area contributed by atoms with Crippen LogP contribution in [0.15, 0.2) is 36.4 Å². The van der Waals surface area contributed by atoms with Gasteiger partial charge in [0.2, 0.25) is 11.8 Å². The molecular weight excluding hydrogens is 444 g/mol. The van der Waals surface area contributed by atoms with Crippen LogP contribution in [0, 0.1) is 17.3 Å². The molecule has 186 valence electrons. The zero-order valence-corrected chi connectivity index (χ0v) is 20.8. The maximum absolute atomic E-state index is 13.9. The molecule has 8 nitrogen and oxygen atoms in total. The first-order valence-electron chi connectivity index (χ1n) is 11.2. The first-order chi connectivity index (χ1) is 15.3. The molecule has 0 saturated heterocycles. The van der Waals surface area contributed by atoms with Crippen LogP contribution >= 0.6 is 12.4 Å². The zero-order chi connectivity index (χ0) is 24.1. The van der Waals surface area contributed by atoms with E-state index in [0.717, 1.165) is 12.0 Å². The molecule has 0 aromatic heterocycles. The molecule has 0 aliphatic carbocycles. The van der Waals surface area contributed by atoms with Gasteiger partial charge in [0.25, 0.3) is 0 Å². The molecule has 6 N–H and O–H groups in total. The summed E-state index contributed by atoms with van der Waals surface area (Å²) in [5.74, 6) is 3.03. The number of nitrogens with one attached hydrogen (secondary N) is 3. The van der Waals surface area contributed by atoms with Crippen LogP contribution < -0.4 is 22.1 Å². The van der Waals surface area contributed by atoms with Gasteiger partial charge in [-0.2, -0.15) is 0 Å². The highest BCUT2D eigenvalue weighted by atomic mass is 35.5. The van der Waals surface area contributed by atoms with Gasteiger partial charge in [-0.15, -0.1) is 12.4 Å². The number of hydroxylamine groups is 1. The molecule has 0 heterocycles. The van der Waals surface area contributed by atoms with Crippen molar-refractivity contribution >= 4 is 36.1 Å². The summed E-state index contributed by atoms with van der Waals surface area (Å²) in [4.78, 5) is 39.4. The van der Waals surface area contributed by atoms with Crippen LogP contribution in [0.3, 0.4) is 0 Å². The number of rotatable bonds is 14. The highest BCUT2D eigenvalue weighted by molar-refractivity contribution is 6.09. The summed E-state index contributed by atoms with van der Waals surface area (Å²) in [5, 5.41) is 12.3. The second-order valence-corrected chi connectivity index (χ2v) is 8.29. The van der Waals surface area contributed by atoms with Gasteiger partial charge >= 0.3 is 0 Å².